The number of H-pyrrole nitrogens is 5. The van der Waals surface area contributed by atoms with E-state index in [9.17, 15) is 28.4 Å². The topological polar surface area (TPSA) is 293 Å². The highest BCUT2D eigenvalue weighted by Gasteiger charge is 2.18. The quantitative estimate of drug-likeness (QED) is 0.0777. The molecule has 28 heteroatoms. The van der Waals surface area contributed by atoms with E-state index in [2.05, 4.69) is 134 Å². The minimum Gasteiger partial charge on any atom is -0.497 e. The van der Waals surface area contributed by atoms with Crippen LogP contribution in [-0.4, -0.2) is 139 Å². The van der Waals surface area contributed by atoms with E-state index in [4.69, 9.17) is 16.3 Å². The van der Waals surface area contributed by atoms with Crippen LogP contribution in [0.15, 0.2) is 286 Å². The summed E-state index contributed by atoms with van der Waals surface area (Å²) in [6.07, 6.45) is 7.30. The number of benzene rings is 8. The van der Waals surface area contributed by atoms with Gasteiger partial charge in [0.2, 0.25) is 0 Å². The van der Waals surface area contributed by atoms with E-state index >= 15 is 0 Å². The normalized spacial score (nSPS) is 12.8. The first-order chi connectivity index (χ1) is 56.7. The molecule has 0 saturated heterocycles. The van der Waals surface area contributed by atoms with Crippen molar-refractivity contribution in [3.05, 3.63) is 353 Å². The van der Waals surface area contributed by atoms with Crippen LogP contribution >= 0.6 is 11.6 Å². The molecule has 19 rings (SSSR count). The van der Waals surface area contributed by atoms with Gasteiger partial charge in [0.05, 0.1) is 75.4 Å². The summed E-state index contributed by atoms with van der Waals surface area (Å²) in [6, 6.07) is 63.7. The van der Waals surface area contributed by atoms with Gasteiger partial charge in [-0.2, -0.15) is 5.10 Å². The predicted octanol–water partition coefficient (Wildman–Crippen LogP) is 16.1. The SMILES string of the molecule is C.C.C.C=C1Nc2c(F)cccc2CCN1C.C=C1Nc2ccc(Cl)cc2CCN1C.C=C1Nc2ccc(OC)cc2CCN1C.C=C1Nc2ccccc2CCN1C.Cc1cc2ccccc2[nH]c1=O.Cn1c(=O)[nH]c2c3ccccc3ncc21.Cn1c(=O)[nH]c2ccccc21.Cn1c(=O)[nH]c2ncccc21.Cn1nc(-c2ccccc2)[nH]c1=O. The van der Waals surface area contributed by atoms with Crippen LogP contribution in [0.4, 0.5) is 27.1 Å². The van der Waals surface area contributed by atoms with Gasteiger partial charge in [0.1, 0.15) is 11.6 Å². The van der Waals surface area contributed by atoms with Crippen LogP contribution in [0.2, 0.25) is 5.02 Å². The molecule has 11 heterocycles. The Hall–Kier alpha value is -14.3. The van der Waals surface area contributed by atoms with Gasteiger partial charge in [0.25, 0.3) is 5.56 Å². The summed E-state index contributed by atoms with van der Waals surface area (Å²) >= 11 is 5.94. The monoisotopic (exact) mass is 1660 g/mol. The number of likely N-dealkylation sites (N-methyl/N-ethyl adjacent to an activating group) is 4. The van der Waals surface area contributed by atoms with Gasteiger partial charge >= 0.3 is 22.8 Å². The van der Waals surface area contributed by atoms with Gasteiger partial charge in [-0.25, -0.2) is 33.2 Å². The van der Waals surface area contributed by atoms with Gasteiger partial charge in [-0.05, 0) is 151 Å². The van der Waals surface area contributed by atoms with Crippen LogP contribution in [0, 0.1) is 12.7 Å². The number of methoxy groups -OCH3 is 1. The minimum atomic E-state index is -0.209. The fourth-order valence-corrected chi connectivity index (χ4v) is 13.0. The van der Waals surface area contributed by atoms with Crippen molar-refractivity contribution in [2.24, 2.45) is 28.2 Å². The largest absolute Gasteiger partial charge is 0.497 e. The summed E-state index contributed by atoms with van der Waals surface area (Å²) in [5.74, 6) is 4.90. The van der Waals surface area contributed by atoms with E-state index in [1.54, 1.807) is 69.0 Å². The Morgan fingerprint density at radius 1 is 0.446 bits per heavy atom. The van der Waals surface area contributed by atoms with Crippen molar-refractivity contribution in [1.82, 2.24) is 78.0 Å². The van der Waals surface area contributed by atoms with Gasteiger partial charge < -0.3 is 60.6 Å². The number of aromatic nitrogens is 12. The number of hydrogen-bond donors (Lipinski definition) is 9. The molecule has 0 bridgehead atoms. The van der Waals surface area contributed by atoms with Crippen LogP contribution < -0.4 is 54.3 Å². The zero-order chi connectivity index (χ0) is 84.3. The zero-order valence-corrected chi connectivity index (χ0v) is 68.6. The summed E-state index contributed by atoms with van der Waals surface area (Å²) < 4.78 is 24.6. The van der Waals surface area contributed by atoms with Crippen molar-refractivity contribution < 1.29 is 9.13 Å². The van der Waals surface area contributed by atoms with Gasteiger partial charge in [0.15, 0.2) is 11.5 Å². The van der Waals surface area contributed by atoms with Crippen LogP contribution in [-0.2, 0) is 53.9 Å². The average Bonchev–Trinajstić information content (AvgIpc) is 1.64. The highest BCUT2D eigenvalue weighted by molar-refractivity contribution is 6.30. The molecule has 0 fully saturated rings. The number of nitrogens with zero attached hydrogens (tertiary/aromatic N) is 11. The van der Waals surface area contributed by atoms with Crippen LogP contribution in [0.3, 0.4) is 0 Å². The number of aryl methyl sites for hydroxylation is 5. The molecule has 4 aliphatic heterocycles. The van der Waals surface area contributed by atoms with E-state index in [0.717, 1.165) is 163 Å². The summed E-state index contributed by atoms with van der Waals surface area (Å²) in [7, 11) is 16.6. The first-order valence-corrected chi connectivity index (χ1v) is 38.4. The van der Waals surface area contributed by atoms with E-state index in [1.165, 1.54) is 37.7 Å². The molecule has 0 radical (unpaired) electrons. The molecular weight excluding hydrogens is 1550 g/mol. The molecule has 0 spiro atoms. The second-order valence-corrected chi connectivity index (χ2v) is 28.7. The number of nitrogens with one attached hydrogen (secondary N) is 9. The number of para-hydroxylation sites is 6. The third kappa shape index (κ3) is 23.5. The number of ether oxygens (including phenoxy) is 1. The van der Waals surface area contributed by atoms with Crippen LogP contribution in [0.1, 0.15) is 50.1 Å². The first kappa shape index (κ1) is 92.2. The second-order valence-electron chi connectivity index (χ2n) is 28.3. The molecule has 0 saturated carbocycles. The number of aromatic amines is 5. The molecule has 9 N–H and O–H groups in total. The minimum absolute atomic E-state index is 0. The van der Waals surface area contributed by atoms with Crippen molar-refractivity contribution in [1.29, 1.82) is 0 Å². The molecule has 26 nitrogen and oxygen atoms in total. The molecule has 0 amide bonds. The summed E-state index contributed by atoms with van der Waals surface area (Å²) in [5, 5.41) is 19.8. The molecule has 0 unspecified atom stereocenters. The molecule has 121 heavy (non-hydrogen) atoms. The third-order valence-corrected chi connectivity index (χ3v) is 20.4. The standard InChI is InChI=1S/C12H16N2O.C11H13ClN2.C11H13FN2.C11H9N3O.C11H14N2.C10H9NO.C9H9N3O.C8H8N2O.C7H7N3O.3CH4/c1-9-13-12-5-4-11(15-3)8-10(12)6-7-14(9)2;1-8-13-11-4-3-10(12)7-9(11)5-6-14(8)2;1-8-13-11-9(6-7-14(8)2)4-3-5-10(11)12;1-14-9-6-12-8-5-3-2-4-7(8)10(9)13-11(14)15;1-9-12-11-6-4-3-5-10(11)7-8-13(9)2;1-7-6-8-4-2-3-5-9(8)11-10(7)12;1-12-9(13)10-8(11-12)7-5-3-2-4-6-7;1-10-7-5-3-2-4-6(7)9-8(10)11;1-10-5-3-2-4-8-6(5)9-7(10)11;;;/h4-5,8,13H,1,6-7H2,2-3H3;3-4,7,13H,1,5-6H2,2H3;3-5,13H,1,6-7H2,2H3;2-6H,1H3,(H,13,15);3-6,12H,1,7-8H2,2H3;2-6H,1H3,(H,11,12);2-6H,1H3,(H,10,11,13);2-5H,1H3,(H,9,11);2-4H,1H3,(H,8,9,11);3*1H4. The molecule has 0 aliphatic carbocycles. The fourth-order valence-electron chi connectivity index (χ4n) is 12.8. The van der Waals surface area contributed by atoms with Gasteiger partial charge in [-0.15, -0.1) is 0 Å². The molecular formula is C93H110ClFN20O6. The Bertz CT molecular complexity index is 6320. The van der Waals surface area contributed by atoms with E-state index in [1.807, 2.05) is 191 Å². The number of anilines is 4. The lowest BCUT2D eigenvalue weighted by molar-refractivity contribution is 0.413. The maximum Gasteiger partial charge on any atom is 0.343 e. The van der Waals surface area contributed by atoms with Crippen LogP contribution in [0.25, 0.3) is 66.4 Å². The van der Waals surface area contributed by atoms with Crippen molar-refractivity contribution in [3.63, 3.8) is 0 Å². The number of pyridine rings is 3. The molecule has 8 aromatic carbocycles. The molecule has 4 aliphatic rings. The number of halogens is 2. The molecule has 0 atom stereocenters. The number of fused-ring (bicyclic) bond motifs is 10. The highest BCUT2D eigenvalue weighted by atomic mass is 35.5. The fraction of sp³-hybridized carbons (Fsp3) is 0.226. The summed E-state index contributed by atoms with van der Waals surface area (Å²) in [5.41, 5.74) is 16.9. The summed E-state index contributed by atoms with van der Waals surface area (Å²) in [6.45, 7) is 21.4. The first-order valence-electron chi connectivity index (χ1n) is 38.0. The third-order valence-electron chi connectivity index (χ3n) is 20.2. The second kappa shape index (κ2) is 42.7. The van der Waals surface area contributed by atoms with E-state index in [-0.39, 0.29) is 56.4 Å². The number of rotatable bonds is 2. The van der Waals surface area contributed by atoms with Gasteiger partial charge in [-0.1, -0.05) is 169 Å². The maximum atomic E-state index is 13.4. The highest BCUT2D eigenvalue weighted by Crippen LogP contribution is 2.30. The maximum absolute atomic E-state index is 13.4. The number of hydrogen-bond acceptors (Lipinski definition) is 17. The van der Waals surface area contributed by atoms with E-state index in [0.29, 0.717) is 17.2 Å². The lowest BCUT2D eigenvalue weighted by atomic mass is 10.1. The number of imidazole rings is 3. The zero-order valence-electron chi connectivity index (χ0n) is 67.8. The molecule has 7 aromatic heterocycles. The van der Waals surface area contributed by atoms with Gasteiger partial charge in [-0.3, -0.25) is 33.4 Å². The van der Waals surface area contributed by atoms with Gasteiger partial charge in [0, 0.05) is 133 Å². The lowest BCUT2D eigenvalue weighted by Gasteiger charge is -2.18. The van der Waals surface area contributed by atoms with Crippen molar-refractivity contribution >= 4 is 89.4 Å². The Morgan fingerprint density at radius 2 is 0.959 bits per heavy atom. The lowest BCUT2D eigenvalue weighted by Crippen LogP contribution is -2.21. The van der Waals surface area contributed by atoms with Crippen molar-refractivity contribution in [2.45, 2.75) is 54.9 Å². The van der Waals surface area contributed by atoms with Crippen LogP contribution in [0.5, 0.6) is 5.75 Å². The molecule has 15 aromatic rings. The average molecular weight is 1660 g/mol. The Morgan fingerprint density at radius 3 is 1.60 bits per heavy atom. The Kier molecular flexibility index (Phi) is 32.5. The van der Waals surface area contributed by atoms with E-state index < -0.39 is 0 Å². The van der Waals surface area contributed by atoms with Crippen molar-refractivity contribution in [3.8, 4) is 17.1 Å². The molecule has 632 valence electrons. The summed E-state index contributed by atoms with van der Waals surface area (Å²) in [4.78, 5) is 86.0. The smallest absolute Gasteiger partial charge is 0.343 e. The Balaban J connectivity index is 0.000000169. The van der Waals surface area contributed by atoms with Crippen molar-refractivity contribution in [2.75, 3.05) is 82.7 Å². The Labute approximate surface area is 708 Å². The predicted molar refractivity (Wildman–Crippen MR) is 496 cm³/mol.